The second-order valence-electron chi connectivity index (χ2n) is 6.97. The molecule has 1 aliphatic carbocycles. The minimum atomic E-state index is -0.473. The van der Waals surface area contributed by atoms with Crippen LogP contribution in [0, 0.1) is 0 Å². The molecule has 5 nitrogen and oxygen atoms in total. The molecule has 0 unspecified atom stereocenters. The number of rotatable bonds is 4. The fraction of sp³-hybridized carbons (Fsp3) is 0.250. The van der Waals surface area contributed by atoms with Crippen molar-refractivity contribution in [3.63, 3.8) is 0 Å². The summed E-state index contributed by atoms with van der Waals surface area (Å²) in [6.45, 7) is 2.56. The molecule has 1 aliphatic rings. The van der Waals surface area contributed by atoms with Crippen LogP contribution in [0.1, 0.15) is 47.0 Å². The second kappa shape index (κ2) is 7.95. The minimum absolute atomic E-state index is 0.0827. The first kappa shape index (κ1) is 19.0. The van der Waals surface area contributed by atoms with Gasteiger partial charge in [-0.2, -0.15) is 0 Å². The van der Waals surface area contributed by atoms with Gasteiger partial charge in [-0.1, -0.05) is 12.1 Å². The Balaban J connectivity index is 1.82. The molecule has 0 N–H and O–H groups in total. The molecular weight excluding hydrogens is 368 g/mol. The summed E-state index contributed by atoms with van der Waals surface area (Å²) in [5, 5.41) is 0.409. The highest BCUT2D eigenvalue weighted by Gasteiger charge is 2.22. The van der Waals surface area contributed by atoms with Gasteiger partial charge in [-0.25, -0.2) is 4.79 Å². The Bertz CT molecular complexity index is 1170. The molecule has 1 aromatic heterocycles. The third-order valence-corrected chi connectivity index (χ3v) is 5.08. The summed E-state index contributed by atoms with van der Waals surface area (Å²) in [7, 11) is 1.32. The van der Waals surface area contributed by atoms with Crippen molar-refractivity contribution < 1.29 is 18.7 Å². The average Bonchev–Trinajstić information content (AvgIpc) is 2.74. The zero-order chi connectivity index (χ0) is 20.4. The van der Waals surface area contributed by atoms with Crippen LogP contribution in [0.25, 0.3) is 22.6 Å². The van der Waals surface area contributed by atoms with E-state index in [9.17, 15) is 9.59 Å². The van der Waals surface area contributed by atoms with Gasteiger partial charge in [0.25, 0.3) is 0 Å². The number of ether oxygens (including phenoxy) is 2. The summed E-state index contributed by atoms with van der Waals surface area (Å²) in [5.74, 6) is 0.980. The van der Waals surface area contributed by atoms with Crippen molar-refractivity contribution in [3.8, 4) is 5.75 Å². The summed E-state index contributed by atoms with van der Waals surface area (Å²) >= 11 is 0. The predicted molar refractivity (Wildman–Crippen MR) is 112 cm³/mol. The van der Waals surface area contributed by atoms with Crippen molar-refractivity contribution in [2.75, 3.05) is 13.7 Å². The molecule has 2 aromatic carbocycles. The van der Waals surface area contributed by atoms with Crippen LogP contribution in [-0.4, -0.2) is 19.7 Å². The van der Waals surface area contributed by atoms with Gasteiger partial charge in [-0.3, -0.25) is 4.79 Å². The van der Waals surface area contributed by atoms with Crippen molar-refractivity contribution in [1.29, 1.82) is 0 Å². The molecule has 29 heavy (non-hydrogen) atoms. The van der Waals surface area contributed by atoms with Gasteiger partial charge in [-0.05, 0) is 73.7 Å². The van der Waals surface area contributed by atoms with Crippen molar-refractivity contribution in [2.45, 2.75) is 26.2 Å². The lowest BCUT2D eigenvalue weighted by Gasteiger charge is -2.18. The largest absolute Gasteiger partial charge is 0.494 e. The molecule has 0 fully saturated rings. The number of methoxy groups -OCH3 is 1. The maximum absolute atomic E-state index is 13.1. The standard InChI is InChI=1S/C24H22O5/c1-3-28-18-8-4-6-15(13-18)12-16-7-5-9-19-22(25)20-14-17(24(26)27-2)10-11-21(20)29-23(16)19/h4,6,8,10-14H,3,5,7,9H2,1-2H3. The monoisotopic (exact) mass is 390 g/mol. The Kier molecular flexibility index (Phi) is 5.21. The third kappa shape index (κ3) is 3.68. The van der Waals surface area contributed by atoms with E-state index in [1.165, 1.54) is 7.11 Å². The van der Waals surface area contributed by atoms with Gasteiger partial charge < -0.3 is 13.9 Å². The Morgan fingerprint density at radius 2 is 2.03 bits per heavy atom. The number of hydrogen-bond acceptors (Lipinski definition) is 5. The summed E-state index contributed by atoms with van der Waals surface area (Å²) < 4.78 is 16.5. The molecule has 5 heteroatoms. The van der Waals surface area contributed by atoms with Crippen LogP contribution in [-0.2, 0) is 11.2 Å². The lowest BCUT2D eigenvalue weighted by atomic mass is 9.90. The summed E-state index contributed by atoms with van der Waals surface area (Å²) in [4.78, 5) is 24.9. The molecule has 0 atom stereocenters. The number of carbonyl (C=O) groups is 1. The first-order valence-corrected chi connectivity index (χ1v) is 9.72. The zero-order valence-corrected chi connectivity index (χ0v) is 16.5. The van der Waals surface area contributed by atoms with Crippen LogP contribution in [0.5, 0.6) is 5.75 Å². The van der Waals surface area contributed by atoms with Crippen molar-refractivity contribution in [1.82, 2.24) is 0 Å². The summed E-state index contributed by atoms with van der Waals surface area (Å²) in [6.07, 6.45) is 4.42. The van der Waals surface area contributed by atoms with E-state index in [0.717, 1.165) is 29.7 Å². The van der Waals surface area contributed by atoms with E-state index >= 15 is 0 Å². The SMILES string of the molecule is CCOc1cccc(C=C2CCCc3c2oc2ccc(C(=O)OC)cc2c3=O)c1. The van der Waals surface area contributed by atoms with E-state index in [0.29, 0.717) is 40.9 Å². The van der Waals surface area contributed by atoms with Gasteiger partial charge in [0.05, 0.1) is 24.7 Å². The topological polar surface area (TPSA) is 65.7 Å². The van der Waals surface area contributed by atoms with Gasteiger partial charge in [0.2, 0.25) is 0 Å². The van der Waals surface area contributed by atoms with Gasteiger partial charge in [0.1, 0.15) is 17.1 Å². The highest BCUT2D eigenvalue weighted by molar-refractivity contribution is 5.94. The van der Waals surface area contributed by atoms with Crippen molar-refractivity contribution in [2.24, 2.45) is 0 Å². The van der Waals surface area contributed by atoms with E-state index < -0.39 is 5.97 Å². The Hall–Kier alpha value is -3.34. The Labute approximate surface area is 168 Å². The van der Waals surface area contributed by atoms with Crippen molar-refractivity contribution in [3.05, 3.63) is 75.1 Å². The maximum Gasteiger partial charge on any atom is 0.337 e. The number of benzene rings is 2. The number of carbonyl (C=O) groups excluding carboxylic acids is 1. The fourth-order valence-electron chi connectivity index (χ4n) is 3.73. The highest BCUT2D eigenvalue weighted by Crippen LogP contribution is 2.33. The molecule has 0 spiro atoms. The molecule has 0 saturated carbocycles. The smallest absolute Gasteiger partial charge is 0.337 e. The van der Waals surface area contributed by atoms with Gasteiger partial charge in [0, 0.05) is 5.56 Å². The van der Waals surface area contributed by atoms with Gasteiger partial charge >= 0.3 is 5.97 Å². The molecule has 0 aliphatic heterocycles. The highest BCUT2D eigenvalue weighted by atomic mass is 16.5. The number of esters is 1. The second-order valence-corrected chi connectivity index (χ2v) is 6.97. The lowest BCUT2D eigenvalue weighted by molar-refractivity contribution is 0.0601. The van der Waals surface area contributed by atoms with Crippen molar-refractivity contribution >= 4 is 28.6 Å². The van der Waals surface area contributed by atoms with E-state index in [2.05, 4.69) is 6.08 Å². The number of hydrogen-bond donors (Lipinski definition) is 0. The first-order valence-electron chi connectivity index (χ1n) is 9.72. The Morgan fingerprint density at radius 1 is 1.17 bits per heavy atom. The van der Waals surface area contributed by atoms with E-state index in [1.54, 1.807) is 18.2 Å². The van der Waals surface area contributed by atoms with E-state index in [-0.39, 0.29) is 5.43 Å². The molecular formula is C24H22O5. The summed E-state index contributed by atoms with van der Waals surface area (Å²) in [5.41, 5.74) is 3.39. The normalized spacial score (nSPS) is 14.6. The molecule has 0 bridgehead atoms. The third-order valence-electron chi connectivity index (χ3n) is 5.08. The van der Waals surface area contributed by atoms with E-state index in [4.69, 9.17) is 13.9 Å². The molecule has 0 saturated heterocycles. The van der Waals surface area contributed by atoms with Crippen LogP contribution >= 0.6 is 0 Å². The summed E-state index contributed by atoms with van der Waals surface area (Å²) in [6, 6.07) is 12.7. The van der Waals surface area contributed by atoms with Crippen LogP contribution in [0.4, 0.5) is 0 Å². The first-order chi connectivity index (χ1) is 14.1. The molecule has 4 rings (SSSR count). The molecule has 148 valence electrons. The lowest BCUT2D eigenvalue weighted by Crippen LogP contribution is -2.16. The van der Waals surface area contributed by atoms with E-state index in [1.807, 2.05) is 31.2 Å². The van der Waals surface area contributed by atoms with Gasteiger partial charge in [0.15, 0.2) is 5.43 Å². The van der Waals surface area contributed by atoms with Crippen LogP contribution in [0.15, 0.2) is 51.7 Å². The molecule has 3 aromatic rings. The zero-order valence-electron chi connectivity index (χ0n) is 16.5. The molecule has 0 amide bonds. The van der Waals surface area contributed by atoms with Gasteiger partial charge in [-0.15, -0.1) is 0 Å². The average molecular weight is 390 g/mol. The number of allylic oxidation sites excluding steroid dienone is 1. The molecule has 1 heterocycles. The molecule has 0 radical (unpaired) electrons. The predicted octanol–water partition coefficient (Wildman–Crippen LogP) is 4.86. The minimum Gasteiger partial charge on any atom is -0.494 e. The van der Waals surface area contributed by atoms with Crippen LogP contribution in [0.3, 0.4) is 0 Å². The quantitative estimate of drug-likeness (QED) is 0.596. The number of fused-ring (bicyclic) bond motifs is 2. The van der Waals surface area contributed by atoms with Crippen LogP contribution in [0.2, 0.25) is 0 Å². The Morgan fingerprint density at radius 3 is 2.83 bits per heavy atom. The van der Waals surface area contributed by atoms with Crippen LogP contribution < -0.4 is 10.2 Å². The fourth-order valence-corrected chi connectivity index (χ4v) is 3.73. The maximum atomic E-state index is 13.1.